The number of carbonyl (C=O) groups is 1. The maximum Gasteiger partial charge on any atom is 0.260 e. The number of aliphatic hydroxyl groups is 1. The summed E-state index contributed by atoms with van der Waals surface area (Å²) in [6.07, 6.45) is 1.83. The molecule has 76 valence electrons. The topological polar surface area (TPSA) is 52.6 Å². The number of hydrogen-bond donors (Lipinski definition) is 2. The quantitative estimate of drug-likeness (QED) is 0.490. The second kappa shape index (κ2) is 5.72. The number of carbonyl (C=O) groups excluding carboxylic acids is 1. The van der Waals surface area contributed by atoms with Gasteiger partial charge in [-0.1, -0.05) is 6.08 Å². The molecule has 4 nitrogen and oxygen atoms in total. The van der Waals surface area contributed by atoms with E-state index in [1.807, 2.05) is 0 Å². The van der Waals surface area contributed by atoms with Gasteiger partial charge in [-0.05, 0) is 20.3 Å². The Bertz CT molecular complexity index is 198. The van der Waals surface area contributed by atoms with Gasteiger partial charge in [0.2, 0.25) is 0 Å². The van der Waals surface area contributed by atoms with Gasteiger partial charge < -0.3 is 5.11 Å². The monoisotopic (exact) mass is 186 g/mol. The van der Waals surface area contributed by atoms with E-state index in [9.17, 15) is 4.79 Å². The van der Waals surface area contributed by atoms with Gasteiger partial charge in [-0.25, -0.2) is 5.01 Å². The molecule has 0 aromatic heterocycles. The highest BCUT2D eigenvalue weighted by molar-refractivity contribution is 5.92. The first-order chi connectivity index (χ1) is 5.93. The molecule has 4 heteroatoms. The van der Waals surface area contributed by atoms with E-state index in [1.165, 1.54) is 0 Å². The highest BCUT2D eigenvalue weighted by Crippen LogP contribution is 1.98. The fourth-order valence-electron chi connectivity index (χ4n) is 0.731. The van der Waals surface area contributed by atoms with Crippen LogP contribution in [-0.4, -0.2) is 36.2 Å². The van der Waals surface area contributed by atoms with Crippen LogP contribution in [0, 0.1) is 0 Å². The molecule has 13 heavy (non-hydrogen) atoms. The Hall–Kier alpha value is -0.870. The Morgan fingerprint density at radius 3 is 2.54 bits per heavy atom. The van der Waals surface area contributed by atoms with Gasteiger partial charge in [0.15, 0.2) is 0 Å². The lowest BCUT2D eigenvalue weighted by Gasteiger charge is -2.11. The summed E-state index contributed by atoms with van der Waals surface area (Å²) in [6.45, 7) is 3.41. The van der Waals surface area contributed by atoms with Gasteiger partial charge in [0, 0.05) is 19.7 Å². The molecule has 0 saturated heterocycles. The van der Waals surface area contributed by atoms with Crippen LogP contribution in [0.2, 0.25) is 0 Å². The molecule has 2 N–H and O–H groups in total. The van der Waals surface area contributed by atoms with Crippen molar-refractivity contribution in [2.75, 3.05) is 14.1 Å². The molecule has 0 radical (unpaired) electrons. The highest BCUT2D eigenvalue weighted by Gasteiger charge is 2.04. The van der Waals surface area contributed by atoms with Crippen LogP contribution < -0.4 is 5.43 Å². The fraction of sp³-hybridized carbons (Fsp3) is 0.667. The van der Waals surface area contributed by atoms with Crippen LogP contribution in [0.1, 0.15) is 20.3 Å². The molecule has 0 heterocycles. The summed E-state index contributed by atoms with van der Waals surface area (Å²) in [7, 11) is 3.50. The van der Waals surface area contributed by atoms with Crippen molar-refractivity contribution in [2.45, 2.75) is 26.4 Å². The number of amides is 1. The summed E-state index contributed by atoms with van der Waals surface area (Å²) in [5.74, 6) is -0.134. The first kappa shape index (κ1) is 12.1. The van der Waals surface area contributed by atoms with Crippen molar-refractivity contribution in [3.8, 4) is 0 Å². The lowest BCUT2D eigenvalue weighted by atomic mass is 10.2. The van der Waals surface area contributed by atoms with Crippen molar-refractivity contribution in [1.82, 2.24) is 10.4 Å². The molecule has 0 spiro atoms. The second-order valence-corrected chi connectivity index (χ2v) is 3.31. The van der Waals surface area contributed by atoms with E-state index < -0.39 is 6.10 Å². The molecule has 0 aromatic rings. The minimum atomic E-state index is -0.401. The van der Waals surface area contributed by atoms with Crippen molar-refractivity contribution >= 4 is 5.91 Å². The van der Waals surface area contributed by atoms with Gasteiger partial charge in [-0.3, -0.25) is 10.2 Å². The molecule has 0 saturated carbocycles. The van der Waals surface area contributed by atoms with E-state index in [0.717, 1.165) is 0 Å². The minimum absolute atomic E-state index is 0.134. The summed E-state index contributed by atoms with van der Waals surface area (Å²) < 4.78 is 0. The van der Waals surface area contributed by atoms with Crippen LogP contribution in [-0.2, 0) is 4.79 Å². The molecular formula is C9H18N2O2. The number of nitrogens with one attached hydrogen (secondary N) is 1. The molecule has 1 atom stereocenters. The number of hydrazine groups is 1. The van der Waals surface area contributed by atoms with Crippen LogP contribution in [0.5, 0.6) is 0 Å². The number of hydrogen-bond acceptors (Lipinski definition) is 3. The van der Waals surface area contributed by atoms with Gasteiger partial charge in [0.05, 0.1) is 6.10 Å². The smallest absolute Gasteiger partial charge is 0.260 e. The number of aliphatic hydroxyl groups excluding tert-OH is 1. The fourth-order valence-corrected chi connectivity index (χ4v) is 0.731. The zero-order valence-electron chi connectivity index (χ0n) is 8.66. The van der Waals surface area contributed by atoms with Gasteiger partial charge >= 0.3 is 0 Å². The van der Waals surface area contributed by atoms with Crippen molar-refractivity contribution in [3.63, 3.8) is 0 Å². The van der Waals surface area contributed by atoms with Crippen molar-refractivity contribution in [3.05, 3.63) is 11.6 Å². The zero-order chi connectivity index (χ0) is 10.4. The van der Waals surface area contributed by atoms with Gasteiger partial charge in [-0.15, -0.1) is 0 Å². The molecule has 0 fully saturated rings. The Labute approximate surface area is 79.2 Å². The summed E-state index contributed by atoms with van der Waals surface area (Å²) >= 11 is 0. The van der Waals surface area contributed by atoms with E-state index in [2.05, 4.69) is 5.43 Å². The molecular weight excluding hydrogens is 168 g/mol. The van der Waals surface area contributed by atoms with Crippen LogP contribution in [0.15, 0.2) is 11.6 Å². The van der Waals surface area contributed by atoms with Gasteiger partial charge in [0.25, 0.3) is 5.91 Å². The van der Waals surface area contributed by atoms with Crippen LogP contribution in [0.25, 0.3) is 0 Å². The third kappa shape index (κ3) is 6.31. The minimum Gasteiger partial charge on any atom is -0.393 e. The van der Waals surface area contributed by atoms with Gasteiger partial charge in [-0.2, -0.15) is 0 Å². The van der Waals surface area contributed by atoms with E-state index in [-0.39, 0.29) is 5.91 Å². The van der Waals surface area contributed by atoms with E-state index in [0.29, 0.717) is 12.0 Å². The van der Waals surface area contributed by atoms with Crippen molar-refractivity contribution in [2.24, 2.45) is 0 Å². The average Bonchev–Trinajstić information content (AvgIpc) is 1.98. The van der Waals surface area contributed by atoms with E-state index in [1.54, 1.807) is 39.0 Å². The predicted molar refractivity (Wildman–Crippen MR) is 51.9 cm³/mol. The SMILES string of the molecule is CC(=CCC(C)O)C(=O)NN(C)C. The summed E-state index contributed by atoms with van der Waals surface area (Å²) in [6, 6.07) is 0. The first-order valence-corrected chi connectivity index (χ1v) is 4.26. The lowest BCUT2D eigenvalue weighted by Crippen LogP contribution is -2.36. The Morgan fingerprint density at radius 2 is 2.15 bits per heavy atom. The number of rotatable bonds is 4. The zero-order valence-corrected chi connectivity index (χ0v) is 8.66. The maximum atomic E-state index is 11.3. The number of nitrogens with zero attached hydrogens (tertiary/aromatic N) is 1. The first-order valence-electron chi connectivity index (χ1n) is 4.26. The van der Waals surface area contributed by atoms with Crippen LogP contribution in [0.3, 0.4) is 0 Å². The molecule has 0 aliphatic carbocycles. The summed E-state index contributed by atoms with van der Waals surface area (Å²) in [5.41, 5.74) is 3.23. The Kier molecular flexibility index (Phi) is 5.34. The van der Waals surface area contributed by atoms with E-state index in [4.69, 9.17) is 5.11 Å². The third-order valence-corrected chi connectivity index (χ3v) is 1.45. The predicted octanol–water partition coefficient (Wildman–Crippen LogP) is 0.296. The third-order valence-electron chi connectivity index (χ3n) is 1.45. The van der Waals surface area contributed by atoms with Crippen molar-refractivity contribution < 1.29 is 9.90 Å². The summed E-state index contributed by atoms with van der Waals surface area (Å²) in [4.78, 5) is 11.3. The molecule has 1 amide bonds. The molecule has 0 aliphatic rings. The van der Waals surface area contributed by atoms with Crippen LogP contribution >= 0.6 is 0 Å². The lowest BCUT2D eigenvalue weighted by molar-refractivity contribution is -0.121. The normalized spacial score (nSPS) is 14.5. The van der Waals surface area contributed by atoms with Crippen molar-refractivity contribution in [1.29, 1.82) is 0 Å². The Balaban J connectivity index is 4.01. The maximum absolute atomic E-state index is 11.3. The molecule has 1 unspecified atom stereocenters. The Morgan fingerprint density at radius 1 is 1.62 bits per heavy atom. The largest absolute Gasteiger partial charge is 0.393 e. The highest BCUT2D eigenvalue weighted by atomic mass is 16.3. The van der Waals surface area contributed by atoms with E-state index >= 15 is 0 Å². The van der Waals surface area contributed by atoms with Gasteiger partial charge in [0.1, 0.15) is 0 Å². The second-order valence-electron chi connectivity index (χ2n) is 3.31. The summed E-state index contributed by atoms with van der Waals surface area (Å²) in [5, 5.41) is 10.6. The molecule has 0 rings (SSSR count). The molecule has 0 aromatic carbocycles. The average molecular weight is 186 g/mol. The molecule has 0 bridgehead atoms. The van der Waals surface area contributed by atoms with Crippen LogP contribution in [0.4, 0.5) is 0 Å². The standard InChI is InChI=1S/C9H18N2O2/c1-7(5-6-8(2)12)9(13)10-11(3)4/h5,8,12H,6H2,1-4H3,(H,10,13). The molecule has 0 aliphatic heterocycles.